The van der Waals surface area contributed by atoms with E-state index in [9.17, 15) is 4.79 Å². The lowest BCUT2D eigenvalue weighted by Crippen LogP contribution is -2.46. The topological polar surface area (TPSA) is 40.5 Å². The van der Waals surface area contributed by atoms with Gasteiger partial charge in [0.1, 0.15) is 6.61 Å². The third-order valence-electron chi connectivity index (χ3n) is 4.74. The number of Topliss-reactive ketones (excluding diaryl/α,β-unsaturated/α-hetero) is 1. The van der Waals surface area contributed by atoms with E-state index in [1.165, 1.54) is 25.9 Å². The van der Waals surface area contributed by atoms with Gasteiger partial charge in [0.15, 0.2) is 5.78 Å². The zero-order valence-electron chi connectivity index (χ0n) is 11.1. The molecule has 0 radical (unpaired) electrons. The first kappa shape index (κ1) is 13.0. The van der Waals surface area contributed by atoms with E-state index in [1.54, 1.807) is 0 Å². The summed E-state index contributed by atoms with van der Waals surface area (Å²) in [5.41, 5.74) is 0. The highest BCUT2D eigenvalue weighted by Crippen LogP contribution is 2.39. The van der Waals surface area contributed by atoms with Crippen LogP contribution in [-0.4, -0.2) is 41.5 Å². The van der Waals surface area contributed by atoms with Crippen molar-refractivity contribution >= 4 is 5.78 Å². The molecule has 0 aromatic rings. The van der Waals surface area contributed by atoms with Crippen molar-refractivity contribution < 1.29 is 9.90 Å². The molecule has 0 amide bonds. The van der Waals surface area contributed by atoms with Crippen molar-refractivity contribution in [3.8, 4) is 0 Å². The van der Waals surface area contributed by atoms with Crippen LogP contribution in [0.3, 0.4) is 0 Å². The lowest BCUT2D eigenvalue weighted by Gasteiger charge is -2.44. The number of aliphatic hydroxyl groups excluding tert-OH is 1. The zero-order chi connectivity index (χ0) is 12.4. The smallest absolute Gasteiger partial charge is 0.161 e. The van der Waals surface area contributed by atoms with Crippen molar-refractivity contribution in [2.45, 2.75) is 45.6 Å². The Morgan fingerprint density at radius 1 is 1.29 bits per heavy atom. The number of hydrogen-bond acceptors (Lipinski definition) is 3. The molecule has 1 saturated heterocycles. The Bertz CT molecular complexity index is 277. The minimum atomic E-state index is -0.264. The Morgan fingerprint density at radius 3 is 2.71 bits per heavy atom. The molecule has 98 valence electrons. The van der Waals surface area contributed by atoms with Gasteiger partial charge in [0.2, 0.25) is 0 Å². The van der Waals surface area contributed by atoms with Gasteiger partial charge >= 0.3 is 0 Å². The van der Waals surface area contributed by atoms with Gasteiger partial charge in [0.05, 0.1) is 0 Å². The summed E-state index contributed by atoms with van der Waals surface area (Å²) < 4.78 is 0. The highest BCUT2D eigenvalue weighted by atomic mass is 16.3. The van der Waals surface area contributed by atoms with Crippen molar-refractivity contribution in [1.82, 2.24) is 4.90 Å². The van der Waals surface area contributed by atoms with Gasteiger partial charge in [-0.3, -0.25) is 4.79 Å². The van der Waals surface area contributed by atoms with Crippen molar-refractivity contribution in [2.24, 2.45) is 17.8 Å². The monoisotopic (exact) mass is 239 g/mol. The molecule has 0 aromatic carbocycles. The van der Waals surface area contributed by atoms with E-state index in [0.717, 1.165) is 24.7 Å². The average Bonchev–Trinajstić information content (AvgIpc) is 2.36. The summed E-state index contributed by atoms with van der Waals surface area (Å²) >= 11 is 0. The number of hydrogen-bond donors (Lipinski definition) is 1. The number of ketones is 1. The van der Waals surface area contributed by atoms with Crippen LogP contribution in [0.1, 0.15) is 39.5 Å². The Balaban J connectivity index is 1.90. The second-order valence-electron chi connectivity index (χ2n) is 6.03. The fourth-order valence-electron chi connectivity index (χ4n) is 3.54. The minimum Gasteiger partial charge on any atom is -0.389 e. The van der Waals surface area contributed by atoms with Crippen LogP contribution in [-0.2, 0) is 4.79 Å². The summed E-state index contributed by atoms with van der Waals surface area (Å²) in [6.07, 6.45) is 4.42. The number of fused-ring (bicyclic) bond motifs is 1. The van der Waals surface area contributed by atoms with Gasteiger partial charge in [-0.1, -0.05) is 0 Å². The van der Waals surface area contributed by atoms with Crippen molar-refractivity contribution in [3.63, 3.8) is 0 Å². The average molecular weight is 239 g/mol. The SMILES string of the molecule is CC(C)N1CCC2CC(C(=O)CO)CCC2C1. The Labute approximate surface area is 104 Å². The second-order valence-corrected chi connectivity index (χ2v) is 6.03. The molecule has 1 N–H and O–H groups in total. The Kier molecular flexibility index (Phi) is 4.21. The molecule has 2 fully saturated rings. The van der Waals surface area contributed by atoms with E-state index < -0.39 is 0 Å². The van der Waals surface area contributed by atoms with Gasteiger partial charge in [0.25, 0.3) is 0 Å². The zero-order valence-corrected chi connectivity index (χ0v) is 11.1. The molecular formula is C14H25NO2. The number of nitrogens with zero attached hydrogens (tertiary/aromatic N) is 1. The summed E-state index contributed by atoms with van der Waals surface area (Å²) in [5.74, 6) is 1.72. The van der Waals surface area contributed by atoms with Crippen molar-refractivity contribution in [2.75, 3.05) is 19.7 Å². The lowest BCUT2D eigenvalue weighted by molar-refractivity contribution is -0.128. The molecule has 3 atom stereocenters. The van der Waals surface area contributed by atoms with Gasteiger partial charge in [-0.05, 0) is 57.9 Å². The highest BCUT2D eigenvalue weighted by Gasteiger charge is 2.37. The van der Waals surface area contributed by atoms with Crippen LogP contribution < -0.4 is 0 Å². The minimum absolute atomic E-state index is 0.0646. The molecule has 1 saturated carbocycles. The Morgan fingerprint density at radius 2 is 2.06 bits per heavy atom. The maximum Gasteiger partial charge on any atom is 0.161 e. The predicted molar refractivity (Wildman–Crippen MR) is 67.7 cm³/mol. The Hall–Kier alpha value is -0.410. The summed E-state index contributed by atoms with van der Waals surface area (Å²) in [5, 5.41) is 8.94. The summed E-state index contributed by atoms with van der Waals surface area (Å²) in [6, 6.07) is 0.646. The summed E-state index contributed by atoms with van der Waals surface area (Å²) in [7, 11) is 0. The van der Waals surface area contributed by atoms with Gasteiger partial charge in [-0.2, -0.15) is 0 Å². The fourth-order valence-corrected chi connectivity index (χ4v) is 3.54. The van der Waals surface area contributed by atoms with Crippen LogP contribution in [0.15, 0.2) is 0 Å². The van der Waals surface area contributed by atoms with Crippen LogP contribution in [0.2, 0.25) is 0 Å². The molecule has 3 unspecified atom stereocenters. The second kappa shape index (κ2) is 5.49. The number of aliphatic hydroxyl groups is 1. The predicted octanol–water partition coefficient (Wildman–Crippen LogP) is 1.69. The first-order valence-electron chi connectivity index (χ1n) is 6.99. The lowest BCUT2D eigenvalue weighted by atomic mass is 9.69. The largest absolute Gasteiger partial charge is 0.389 e. The number of piperidine rings is 1. The summed E-state index contributed by atoms with van der Waals surface area (Å²) in [6.45, 7) is 6.66. The normalized spacial score (nSPS) is 34.7. The number of carbonyl (C=O) groups excluding carboxylic acids is 1. The van der Waals surface area contributed by atoms with Gasteiger partial charge in [-0.15, -0.1) is 0 Å². The molecule has 1 aliphatic carbocycles. The van der Waals surface area contributed by atoms with E-state index in [1.807, 2.05) is 0 Å². The van der Waals surface area contributed by atoms with Crippen LogP contribution in [0, 0.1) is 17.8 Å². The highest BCUT2D eigenvalue weighted by molar-refractivity contribution is 5.82. The van der Waals surface area contributed by atoms with E-state index in [2.05, 4.69) is 18.7 Å². The molecule has 0 bridgehead atoms. The molecule has 17 heavy (non-hydrogen) atoms. The molecule has 1 aliphatic heterocycles. The van der Waals surface area contributed by atoms with E-state index in [4.69, 9.17) is 5.11 Å². The van der Waals surface area contributed by atoms with Gasteiger partial charge in [-0.25, -0.2) is 0 Å². The van der Waals surface area contributed by atoms with E-state index in [0.29, 0.717) is 6.04 Å². The molecule has 1 heterocycles. The maximum absolute atomic E-state index is 11.6. The van der Waals surface area contributed by atoms with Crippen molar-refractivity contribution in [1.29, 1.82) is 0 Å². The van der Waals surface area contributed by atoms with Gasteiger partial charge in [0, 0.05) is 18.5 Å². The molecule has 2 rings (SSSR count). The molecule has 0 aromatic heterocycles. The molecule has 0 spiro atoms. The number of carbonyl (C=O) groups is 1. The molecule has 3 heteroatoms. The third-order valence-corrected chi connectivity index (χ3v) is 4.74. The number of likely N-dealkylation sites (tertiary alicyclic amines) is 1. The molecular weight excluding hydrogens is 214 g/mol. The third kappa shape index (κ3) is 2.89. The maximum atomic E-state index is 11.6. The quantitative estimate of drug-likeness (QED) is 0.815. The van der Waals surface area contributed by atoms with Crippen molar-refractivity contribution in [3.05, 3.63) is 0 Å². The first-order chi connectivity index (χ1) is 8.11. The first-order valence-corrected chi connectivity index (χ1v) is 6.99. The molecule has 2 aliphatic rings. The van der Waals surface area contributed by atoms with Gasteiger partial charge < -0.3 is 10.0 Å². The van der Waals surface area contributed by atoms with Crippen LogP contribution in [0.25, 0.3) is 0 Å². The van der Waals surface area contributed by atoms with Crippen LogP contribution in [0.4, 0.5) is 0 Å². The van der Waals surface area contributed by atoms with E-state index >= 15 is 0 Å². The number of rotatable bonds is 3. The van der Waals surface area contributed by atoms with Crippen LogP contribution >= 0.6 is 0 Å². The van der Waals surface area contributed by atoms with Crippen LogP contribution in [0.5, 0.6) is 0 Å². The standard InChI is InChI=1S/C14H25NO2/c1-10(2)15-6-5-11-7-12(14(17)9-16)3-4-13(11)8-15/h10-13,16H,3-9H2,1-2H3. The summed E-state index contributed by atoms with van der Waals surface area (Å²) in [4.78, 5) is 14.1. The van der Waals surface area contributed by atoms with E-state index in [-0.39, 0.29) is 18.3 Å². The molecule has 3 nitrogen and oxygen atoms in total. The fraction of sp³-hybridized carbons (Fsp3) is 0.929.